The fourth-order valence-corrected chi connectivity index (χ4v) is 1.47. The van der Waals surface area contributed by atoms with Crippen LogP contribution in [0.5, 0.6) is 0 Å². The molecule has 5 nitrogen and oxygen atoms in total. The maximum atomic E-state index is 11.9. The zero-order chi connectivity index (χ0) is 12.3. The number of carboxylic acid groups (broad SMARTS) is 1. The topological polar surface area (TPSA) is 72.5 Å². The van der Waals surface area contributed by atoms with Crippen LogP contribution in [-0.2, 0) is 4.79 Å². The van der Waals surface area contributed by atoms with E-state index in [0.717, 1.165) is 4.90 Å². The third-order valence-corrected chi connectivity index (χ3v) is 2.35. The van der Waals surface area contributed by atoms with Crippen molar-refractivity contribution in [1.29, 1.82) is 0 Å². The number of piperidine rings is 1. The molecule has 92 valence electrons. The summed E-state index contributed by atoms with van der Waals surface area (Å²) < 4.78 is 35.6. The van der Waals surface area contributed by atoms with E-state index in [9.17, 15) is 27.9 Å². The van der Waals surface area contributed by atoms with Crippen LogP contribution in [0.1, 0.15) is 12.8 Å². The van der Waals surface area contributed by atoms with Crippen LogP contribution in [0.2, 0.25) is 0 Å². The van der Waals surface area contributed by atoms with Crippen LogP contribution in [0.3, 0.4) is 0 Å². The van der Waals surface area contributed by atoms with Gasteiger partial charge >= 0.3 is 12.1 Å². The van der Waals surface area contributed by atoms with E-state index >= 15 is 0 Å². The van der Waals surface area contributed by atoms with Crippen LogP contribution in [0, 0.1) is 0 Å². The lowest BCUT2D eigenvalue weighted by Crippen LogP contribution is -2.52. The normalized spacial score (nSPS) is 18.3. The number of hydrogen-bond acceptors (Lipinski definition) is 3. The Bertz CT molecular complexity index is 285. The SMILES string of the molecule is O=C([O-])N1CCC(NC(=O)C(F)(F)F)CC1. The monoisotopic (exact) mass is 239 g/mol. The molecule has 2 amide bonds. The van der Waals surface area contributed by atoms with Gasteiger partial charge in [0, 0.05) is 19.1 Å². The van der Waals surface area contributed by atoms with Gasteiger partial charge in [-0.15, -0.1) is 0 Å². The second kappa shape index (κ2) is 4.58. The summed E-state index contributed by atoms with van der Waals surface area (Å²) in [7, 11) is 0. The lowest BCUT2D eigenvalue weighted by molar-refractivity contribution is -0.266. The van der Waals surface area contributed by atoms with Gasteiger partial charge in [-0.05, 0) is 12.8 Å². The molecule has 1 rings (SSSR count). The maximum Gasteiger partial charge on any atom is 0.471 e. The lowest BCUT2D eigenvalue weighted by Gasteiger charge is -2.33. The number of rotatable bonds is 1. The minimum Gasteiger partial charge on any atom is -0.530 e. The Hall–Kier alpha value is -1.47. The zero-order valence-electron chi connectivity index (χ0n) is 8.21. The molecule has 0 aromatic rings. The Morgan fingerprint density at radius 3 is 2.12 bits per heavy atom. The van der Waals surface area contributed by atoms with E-state index in [0.29, 0.717) is 0 Å². The predicted molar refractivity (Wildman–Crippen MR) is 44.2 cm³/mol. The van der Waals surface area contributed by atoms with Gasteiger partial charge in [0.25, 0.3) is 0 Å². The van der Waals surface area contributed by atoms with Crippen molar-refractivity contribution in [3.8, 4) is 0 Å². The van der Waals surface area contributed by atoms with E-state index in [1.165, 1.54) is 0 Å². The Morgan fingerprint density at radius 2 is 1.75 bits per heavy atom. The van der Waals surface area contributed by atoms with Crippen LogP contribution in [0.25, 0.3) is 0 Å². The van der Waals surface area contributed by atoms with Crippen LogP contribution in [0.4, 0.5) is 18.0 Å². The molecule has 1 aliphatic rings. The number of nitrogens with one attached hydrogen (secondary N) is 1. The Labute approximate surface area is 89.2 Å². The van der Waals surface area contributed by atoms with E-state index in [2.05, 4.69) is 0 Å². The smallest absolute Gasteiger partial charge is 0.471 e. The van der Waals surface area contributed by atoms with Gasteiger partial charge in [0.15, 0.2) is 0 Å². The van der Waals surface area contributed by atoms with Gasteiger partial charge in [0.05, 0.1) is 0 Å². The fraction of sp³-hybridized carbons (Fsp3) is 0.750. The number of likely N-dealkylation sites (tertiary alicyclic amines) is 1. The highest BCUT2D eigenvalue weighted by Gasteiger charge is 2.40. The molecule has 0 aromatic carbocycles. The minimum atomic E-state index is -4.90. The molecule has 8 heteroatoms. The van der Waals surface area contributed by atoms with Crippen LogP contribution in [0.15, 0.2) is 0 Å². The highest BCUT2D eigenvalue weighted by molar-refractivity contribution is 5.81. The molecule has 1 saturated heterocycles. The zero-order valence-corrected chi connectivity index (χ0v) is 8.21. The molecule has 0 aliphatic carbocycles. The number of halogens is 3. The molecule has 0 unspecified atom stereocenters. The lowest BCUT2D eigenvalue weighted by atomic mass is 10.1. The Morgan fingerprint density at radius 1 is 1.25 bits per heavy atom. The van der Waals surface area contributed by atoms with Gasteiger partial charge in [-0.25, -0.2) is 0 Å². The van der Waals surface area contributed by atoms with E-state index < -0.39 is 24.2 Å². The molecule has 0 spiro atoms. The second-order valence-corrected chi connectivity index (χ2v) is 3.50. The average Bonchev–Trinajstić information content (AvgIpc) is 2.17. The summed E-state index contributed by atoms with van der Waals surface area (Å²) in [5.74, 6) is -1.99. The van der Waals surface area contributed by atoms with Crippen molar-refractivity contribution in [3.05, 3.63) is 0 Å². The van der Waals surface area contributed by atoms with Crippen molar-refractivity contribution in [2.24, 2.45) is 0 Å². The maximum absolute atomic E-state index is 11.9. The largest absolute Gasteiger partial charge is 0.530 e. The molecule has 0 aromatic heterocycles. The number of carbonyl (C=O) groups excluding carboxylic acids is 2. The van der Waals surface area contributed by atoms with Gasteiger partial charge in [0.1, 0.15) is 6.09 Å². The number of alkyl halides is 3. The highest BCUT2D eigenvalue weighted by atomic mass is 19.4. The molecule has 16 heavy (non-hydrogen) atoms. The number of carbonyl (C=O) groups is 2. The van der Waals surface area contributed by atoms with E-state index in [-0.39, 0.29) is 25.9 Å². The molecule has 1 fully saturated rings. The summed E-state index contributed by atoms with van der Waals surface area (Å²) in [6.07, 6.45) is -5.92. The first-order valence-electron chi connectivity index (χ1n) is 4.64. The van der Waals surface area contributed by atoms with E-state index in [1.54, 1.807) is 0 Å². The summed E-state index contributed by atoms with van der Waals surface area (Å²) >= 11 is 0. The van der Waals surface area contributed by atoms with Crippen LogP contribution >= 0.6 is 0 Å². The molecule has 0 bridgehead atoms. The molecule has 1 N–H and O–H groups in total. The third kappa shape index (κ3) is 3.28. The second-order valence-electron chi connectivity index (χ2n) is 3.50. The first-order valence-corrected chi connectivity index (χ1v) is 4.64. The fourth-order valence-electron chi connectivity index (χ4n) is 1.47. The summed E-state index contributed by atoms with van der Waals surface area (Å²) in [5.41, 5.74) is 0. The van der Waals surface area contributed by atoms with Gasteiger partial charge in [0.2, 0.25) is 0 Å². The van der Waals surface area contributed by atoms with Crippen molar-refractivity contribution in [2.75, 3.05) is 13.1 Å². The van der Waals surface area contributed by atoms with Crippen molar-refractivity contribution >= 4 is 12.0 Å². The number of hydrogen-bond donors (Lipinski definition) is 1. The van der Waals surface area contributed by atoms with Gasteiger partial charge < -0.3 is 20.1 Å². The molecule has 0 atom stereocenters. The average molecular weight is 239 g/mol. The van der Waals surface area contributed by atoms with Crippen LogP contribution < -0.4 is 10.4 Å². The molecule has 1 heterocycles. The van der Waals surface area contributed by atoms with Gasteiger partial charge in [-0.1, -0.05) is 0 Å². The van der Waals surface area contributed by atoms with E-state index in [1.807, 2.05) is 5.32 Å². The third-order valence-electron chi connectivity index (χ3n) is 2.35. The van der Waals surface area contributed by atoms with Crippen molar-refractivity contribution in [3.63, 3.8) is 0 Å². The first-order chi connectivity index (χ1) is 7.30. The van der Waals surface area contributed by atoms with E-state index in [4.69, 9.17) is 0 Å². The van der Waals surface area contributed by atoms with Gasteiger partial charge in [-0.2, -0.15) is 13.2 Å². The Balaban J connectivity index is 2.38. The standard InChI is InChI=1S/C8H11F3N2O3/c9-8(10,11)6(14)12-5-1-3-13(4-2-5)7(15)16/h5H,1-4H2,(H,12,14)(H,15,16)/p-1. The minimum absolute atomic E-state index is 0.0745. The van der Waals surface area contributed by atoms with Crippen molar-refractivity contribution < 1.29 is 27.9 Å². The number of amides is 2. The first kappa shape index (κ1) is 12.6. The van der Waals surface area contributed by atoms with Crippen molar-refractivity contribution in [2.45, 2.75) is 25.1 Å². The predicted octanol–water partition coefficient (Wildman–Crippen LogP) is -0.527. The number of nitrogens with zero attached hydrogens (tertiary/aromatic N) is 1. The molecular formula is C8H10F3N2O3-. The summed E-state index contributed by atoms with van der Waals surface area (Å²) in [4.78, 5) is 22.0. The van der Waals surface area contributed by atoms with Crippen molar-refractivity contribution in [1.82, 2.24) is 10.2 Å². The van der Waals surface area contributed by atoms with Gasteiger partial charge in [-0.3, -0.25) is 4.79 Å². The molecule has 1 aliphatic heterocycles. The quantitative estimate of drug-likeness (QED) is 0.668. The summed E-state index contributed by atoms with van der Waals surface area (Å²) in [5, 5.41) is 12.2. The van der Waals surface area contributed by atoms with Crippen LogP contribution in [-0.4, -0.2) is 42.2 Å². The Kier molecular flexibility index (Phi) is 3.61. The summed E-state index contributed by atoms with van der Waals surface area (Å²) in [6, 6.07) is -0.635. The molecule has 0 radical (unpaired) electrons. The highest BCUT2D eigenvalue weighted by Crippen LogP contribution is 2.17. The molecule has 0 saturated carbocycles. The summed E-state index contributed by atoms with van der Waals surface area (Å²) in [6.45, 7) is 0.149. The molecular weight excluding hydrogens is 229 g/mol.